The van der Waals surface area contributed by atoms with Crippen molar-refractivity contribution < 1.29 is 18.0 Å². The molecule has 6 heteroatoms. The van der Waals surface area contributed by atoms with Gasteiger partial charge in [-0.05, 0) is 42.8 Å². The summed E-state index contributed by atoms with van der Waals surface area (Å²) in [4.78, 5) is 14.6. The number of amides is 1. The van der Waals surface area contributed by atoms with Gasteiger partial charge in [-0.25, -0.2) is 0 Å². The van der Waals surface area contributed by atoms with Crippen LogP contribution in [-0.4, -0.2) is 10.9 Å². The first-order valence-corrected chi connectivity index (χ1v) is 6.04. The summed E-state index contributed by atoms with van der Waals surface area (Å²) in [6, 6.07) is 8.08. The second-order valence-electron chi connectivity index (χ2n) is 4.32. The third-order valence-corrected chi connectivity index (χ3v) is 2.78. The van der Waals surface area contributed by atoms with Crippen molar-refractivity contribution in [1.82, 2.24) is 4.98 Å². The number of H-pyrrole nitrogens is 1. The molecule has 2 N–H and O–H groups in total. The van der Waals surface area contributed by atoms with Gasteiger partial charge < -0.3 is 10.3 Å². The standard InChI is InChI=1S/C14H13F3N2O/c15-14(16,17)10-3-5-12(6-4-10)19-13(20)8-7-11-2-1-9-18-11/h1-6,9,18H,7-8H2,(H,19,20). The fraction of sp³-hybridized carbons (Fsp3) is 0.214. The molecule has 1 amide bonds. The molecule has 0 radical (unpaired) electrons. The van der Waals surface area contributed by atoms with E-state index in [9.17, 15) is 18.0 Å². The zero-order chi connectivity index (χ0) is 14.6. The maximum atomic E-state index is 12.4. The van der Waals surface area contributed by atoms with Crippen LogP contribution >= 0.6 is 0 Å². The summed E-state index contributed by atoms with van der Waals surface area (Å²) < 4.78 is 37.1. The summed E-state index contributed by atoms with van der Waals surface area (Å²) in [6.07, 6.45) is -1.78. The lowest BCUT2D eigenvalue weighted by Crippen LogP contribution is -2.13. The fourth-order valence-electron chi connectivity index (χ4n) is 1.74. The average molecular weight is 282 g/mol. The smallest absolute Gasteiger partial charge is 0.365 e. The largest absolute Gasteiger partial charge is 0.416 e. The molecule has 2 aromatic rings. The van der Waals surface area contributed by atoms with Gasteiger partial charge in [0.2, 0.25) is 5.91 Å². The molecular formula is C14H13F3N2O. The number of hydrogen-bond acceptors (Lipinski definition) is 1. The Balaban J connectivity index is 1.88. The lowest BCUT2D eigenvalue weighted by Gasteiger charge is -2.08. The van der Waals surface area contributed by atoms with Gasteiger partial charge in [-0.15, -0.1) is 0 Å². The molecule has 20 heavy (non-hydrogen) atoms. The predicted molar refractivity (Wildman–Crippen MR) is 69.2 cm³/mol. The number of carbonyl (C=O) groups is 1. The van der Waals surface area contributed by atoms with Crippen molar-refractivity contribution in [2.45, 2.75) is 19.0 Å². The van der Waals surface area contributed by atoms with Gasteiger partial charge in [0, 0.05) is 24.0 Å². The number of rotatable bonds is 4. The van der Waals surface area contributed by atoms with Crippen LogP contribution in [0, 0.1) is 0 Å². The normalized spacial score (nSPS) is 11.3. The molecule has 0 spiro atoms. The van der Waals surface area contributed by atoms with Gasteiger partial charge in [-0.1, -0.05) is 0 Å². The van der Waals surface area contributed by atoms with E-state index in [4.69, 9.17) is 0 Å². The lowest BCUT2D eigenvalue weighted by molar-refractivity contribution is -0.137. The number of hydrogen-bond donors (Lipinski definition) is 2. The highest BCUT2D eigenvalue weighted by atomic mass is 19.4. The van der Waals surface area contributed by atoms with Crippen LogP contribution in [0.15, 0.2) is 42.6 Å². The molecule has 1 aromatic carbocycles. The van der Waals surface area contributed by atoms with E-state index in [1.807, 2.05) is 12.1 Å². The van der Waals surface area contributed by atoms with E-state index < -0.39 is 11.7 Å². The van der Waals surface area contributed by atoms with Crippen LogP contribution in [0.5, 0.6) is 0 Å². The first-order chi connectivity index (χ1) is 9.45. The molecule has 0 aliphatic heterocycles. The first kappa shape index (κ1) is 14.2. The molecular weight excluding hydrogens is 269 g/mol. The molecule has 106 valence electrons. The molecule has 0 fully saturated rings. The van der Waals surface area contributed by atoms with Gasteiger partial charge in [0.1, 0.15) is 0 Å². The zero-order valence-corrected chi connectivity index (χ0v) is 10.5. The molecule has 0 saturated carbocycles. The van der Waals surface area contributed by atoms with Crippen LogP contribution in [0.1, 0.15) is 17.7 Å². The summed E-state index contributed by atoms with van der Waals surface area (Å²) in [5.74, 6) is -0.237. The minimum atomic E-state index is -4.36. The van der Waals surface area contributed by atoms with E-state index in [1.54, 1.807) is 6.20 Å². The number of carbonyl (C=O) groups excluding carboxylic acids is 1. The van der Waals surface area contributed by atoms with Crippen LogP contribution < -0.4 is 5.32 Å². The Morgan fingerprint density at radius 2 is 1.85 bits per heavy atom. The number of benzene rings is 1. The third-order valence-electron chi connectivity index (χ3n) is 2.78. The zero-order valence-electron chi connectivity index (χ0n) is 10.5. The van der Waals surface area contributed by atoms with Crippen molar-refractivity contribution in [3.8, 4) is 0 Å². The molecule has 0 saturated heterocycles. The van der Waals surface area contributed by atoms with Crippen molar-refractivity contribution in [1.29, 1.82) is 0 Å². The first-order valence-electron chi connectivity index (χ1n) is 6.04. The highest BCUT2D eigenvalue weighted by Gasteiger charge is 2.29. The molecule has 1 heterocycles. The highest BCUT2D eigenvalue weighted by molar-refractivity contribution is 5.90. The van der Waals surface area contributed by atoms with Crippen molar-refractivity contribution in [2.24, 2.45) is 0 Å². The number of aryl methyl sites for hydroxylation is 1. The SMILES string of the molecule is O=C(CCc1ccc[nH]1)Nc1ccc(C(F)(F)F)cc1. The van der Waals surface area contributed by atoms with Crippen molar-refractivity contribution in [3.05, 3.63) is 53.9 Å². The summed E-state index contributed by atoms with van der Waals surface area (Å²) in [5.41, 5.74) is 0.559. The number of aromatic amines is 1. The van der Waals surface area contributed by atoms with Crippen molar-refractivity contribution in [2.75, 3.05) is 5.32 Å². The number of alkyl halides is 3. The number of nitrogens with one attached hydrogen (secondary N) is 2. The second kappa shape index (κ2) is 5.81. The van der Waals surface area contributed by atoms with Gasteiger partial charge in [-0.2, -0.15) is 13.2 Å². The summed E-state index contributed by atoms with van der Waals surface area (Å²) in [5, 5.41) is 2.56. The van der Waals surface area contributed by atoms with E-state index in [-0.39, 0.29) is 12.3 Å². The molecule has 0 atom stereocenters. The highest BCUT2D eigenvalue weighted by Crippen LogP contribution is 2.29. The Morgan fingerprint density at radius 1 is 1.15 bits per heavy atom. The lowest BCUT2D eigenvalue weighted by atomic mass is 10.2. The minimum Gasteiger partial charge on any atom is -0.365 e. The van der Waals surface area contributed by atoms with Crippen LogP contribution in [0.25, 0.3) is 0 Å². The summed E-state index contributed by atoms with van der Waals surface area (Å²) >= 11 is 0. The van der Waals surface area contributed by atoms with E-state index in [2.05, 4.69) is 10.3 Å². The Kier molecular flexibility index (Phi) is 4.12. The molecule has 0 aliphatic rings. The fourth-order valence-corrected chi connectivity index (χ4v) is 1.74. The molecule has 0 bridgehead atoms. The van der Waals surface area contributed by atoms with Crippen LogP contribution in [-0.2, 0) is 17.4 Å². The van der Waals surface area contributed by atoms with Gasteiger partial charge >= 0.3 is 6.18 Å². The second-order valence-corrected chi connectivity index (χ2v) is 4.32. The van der Waals surface area contributed by atoms with Gasteiger partial charge in [0.25, 0.3) is 0 Å². The number of aromatic nitrogens is 1. The monoisotopic (exact) mass is 282 g/mol. The molecule has 0 aliphatic carbocycles. The van der Waals surface area contributed by atoms with Gasteiger partial charge in [0.05, 0.1) is 5.56 Å². The Bertz CT molecular complexity index is 559. The number of halogens is 3. The Morgan fingerprint density at radius 3 is 2.40 bits per heavy atom. The topological polar surface area (TPSA) is 44.9 Å². The van der Waals surface area contributed by atoms with Gasteiger partial charge in [-0.3, -0.25) is 4.79 Å². The predicted octanol–water partition coefficient (Wildman–Crippen LogP) is 3.60. The summed E-state index contributed by atoms with van der Waals surface area (Å²) in [7, 11) is 0. The van der Waals surface area contributed by atoms with Gasteiger partial charge in [0.15, 0.2) is 0 Å². The van der Waals surface area contributed by atoms with E-state index in [0.717, 1.165) is 17.8 Å². The molecule has 0 unspecified atom stereocenters. The minimum absolute atomic E-state index is 0.237. The van der Waals surface area contributed by atoms with Crippen molar-refractivity contribution >= 4 is 11.6 Å². The maximum Gasteiger partial charge on any atom is 0.416 e. The van der Waals surface area contributed by atoms with E-state index in [0.29, 0.717) is 12.1 Å². The summed E-state index contributed by atoms with van der Waals surface area (Å²) in [6.45, 7) is 0. The average Bonchev–Trinajstić information content (AvgIpc) is 2.89. The molecule has 3 nitrogen and oxygen atoms in total. The quantitative estimate of drug-likeness (QED) is 0.884. The Labute approximate surface area is 113 Å². The van der Waals surface area contributed by atoms with Crippen LogP contribution in [0.4, 0.5) is 18.9 Å². The van der Waals surface area contributed by atoms with Crippen LogP contribution in [0.3, 0.4) is 0 Å². The van der Waals surface area contributed by atoms with Crippen LogP contribution in [0.2, 0.25) is 0 Å². The number of anilines is 1. The maximum absolute atomic E-state index is 12.4. The van der Waals surface area contributed by atoms with Crippen molar-refractivity contribution in [3.63, 3.8) is 0 Å². The van der Waals surface area contributed by atoms with E-state index >= 15 is 0 Å². The third kappa shape index (κ3) is 3.88. The Hall–Kier alpha value is -2.24. The molecule has 1 aromatic heterocycles. The van der Waals surface area contributed by atoms with E-state index in [1.165, 1.54) is 12.1 Å². The molecule has 2 rings (SSSR count).